The fourth-order valence-corrected chi connectivity index (χ4v) is 4.91. The molecule has 33 heavy (non-hydrogen) atoms. The smallest absolute Gasteiger partial charge is 0.129 e. The number of likely N-dealkylation sites (tertiary alicyclic amines) is 1. The summed E-state index contributed by atoms with van der Waals surface area (Å²) < 4.78 is 41.8. The number of hydrogen-bond acceptors (Lipinski definition) is 2. The van der Waals surface area contributed by atoms with Crippen molar-refractivity contribution in [3.63, 3.8) is 0 Å². The summed E-state index contributed by atoms with van der Waals surface area (Å²) in [5.74, 6) is -0.997. The van der Waals surface area contributed by atoms with Crippen LogP contribution in [0.4, 0.5) is 13.2 Å². The average Bonchev–Trinajstić information content (AvgIpc) is 3.11. The number of fused-ring (bicyclic) bond motifs is 1. The Balaban J connectivity index is 1.29. The molecule has 1 aliphatic rings. The number of nitrogens with zero attached hydrogens (tertiary/aromatic N) is 2. The number of hydrogen-bond donors (Lipinski definition) is 1. The van der Waals surface area contributed by atoms with Gasteiger partial charge in [-0.1, -0.05) is 12.1 Å². The van der Waals surface area contributed by atoms with Crippen LogP contribution in [0.15, 0.2) is 54.7 Å². The van der Waals surface area contributed by atoms with E-state index in [0.29, 0.717) is 5.92 Å². The van der Waals surface area contributed by atoms with E-state index in [9.17, 15) is 13.2 Å². The zero-order chi connectivity index (χ0) is 22.9. The second kappa shape index (κ2) is 9.02. The van der Waals surface area contributed by atoms with Crippen LogP contribution < -0.4 is 0 Å². The fraction of sp³-hybridized carbons (Fsp3) is 0.296. The van der Waals surface area contributed by atoms with Gasteiger partial charge in [0.25, 0.3) is 0 Å². The molecule has 1 saturated heterocycles. The summed E-state index contributed by atoms with van der Waals surface area (Å²) in [4.78, 5) is 10.4. The molecule has 3 heterocycles. The van der Waals surface area contributed by atoms with Crippen LogP contribution in [0.5, 0.6) is 0 Å². The van der Waals surface area contributed by atoms with Crippen molar-refractivity contribution in [2.24, 2.45) is 0 Å². The van der Waals surface area contributed by atoms with Gasteiger partial charge in [-0.25, -0.2) is 13.2 Å². The summed E-state index contributed by atoms with van der Waals surface area (Å²) in [5, 5.41) is 0.942. The molecule has 4 aromatic rings. The highest BCUT2D eigenvalue weighted by molar-refractivity contribution is 5.84. The molecule has 6 heteroatoms. The minimum atomic E-state index is -0.533. The summed E-state index contributed by atoms with van der Waals surface area (Å²) in [6.45, 7) is 4.65. The number of pyridine rings is 1. The molecule has 0 spiro atoms. The van der Waals surface area contributed by atoms with E-state index >= 15 is 0 Å². The quantitative estimate of drug-likeness (QED) is 0.390. The highest BCUT2D eigenvalue weighted by atomic mass is 19.1. The SMILES string of the molecule is Cc1[nH]c2ccc(F)cc2c1CN1CCC[C@H](c2ccc(Cc3c(F)cccc3F)cn2)C1. The molecule has 170 valence electrons. The molecule has 5 rings (SSSR count). The first-order valence-corrected chi connectivity index (χ1v) is 11.3. The van der Waals surface area contributed by atoms with Crippen LogP contribution in [0.25, 0.3) is 10.9 Å². The molecule has 0 radical (unpaired) electrons. The molecule has 0 aliphatic carbocycles. The number of piperidine rings is 1. The molecule has 1 atom stereocenters. The van der Waals surface area contributed by atoms with Crippen LogP contribution in [-0.2, 0) is 13.0 Å². The maximum atomic E-state index is 14.0. The Morgan fingerprint density at radius 3 is 2.61 bits per heavy atom. The Morgan fingerprint density at radius 2 is 1.85 bits per heavy atom. The van der Waals surface area contributed by atoms with Crippen LogP contribution in [0.3, 0.4) is 0 Å². The summed E-state index contributed by atoms with van der Waals surface area (Å²) in [5.41, 5.74) is 5.02. The summed E-state index contributed by atoms with van der Waals surface area (Å²) >= 11 is 0. The van der Waals surface area contributed by atoms with Gasteiger partial charge in [-0.05, 0) is 73.8 Å². The van der Waals surface area contributed by atoms with Crippen LogP contribution in [0.2, 0.25) is 0 Å². The topological polar surface area (TPSA) is 31.9 Å². The second-order valence-corrected chi connectivity index (χ2v) is 8.96. The number of H-pyrrole nitrogens is 1. The van der Waals surface area contributed by atoms with E-state index in [1.54, 1.807) is 18.3 Å². The van der Waals surface area contributed by atoms with Crippen molar-refractivity contribution in [2.75, 3.05) is 13.1 Å². The van der Waals surface area contributed by atoms with Gasteiger partial charge in [-0.2, -0.15) is 0 Å². The first-order chi connectivity index (χ1) is 16.0. The third kappa shape index (κ3) is 4.53. The van der Waals surface area contributed by atoms with Crippen LogP contribution in [0.1, 0.15) is 46.8 Å². The van der Waals surface area contributed by atoms with E-state index in [-0.39, 0.29) is 17.8 Å². The number of aromatic nitrogens is 2. The average molecular weight is 450 g/mol. The molecular formula is C27H26F3N3. The molecule has 0 bridgehead atoms. The molecule has 0 unspecified atom stereocenters. The fourth-order valence-electron chi connectivity index (χ4n) is 4.91. The van der Waals surface area contributed by atoms with Crippen molar-refractivity contribution >= 4 is 10.9 Å². The van der Waals surface area contributed by atoms with Gasteiger partial charge in [0.05, 0.1) is 0 Å². The molecule has 0 amide bonds. The van der Waals surface area contributed by atoms with Gasteiger partial charge >= 0.3 is 0 Å². The van der Waals surface area contributed by atoms with Crippen molar-refractivity contribution in [1.29, 1.82) is 0 Å². The monoisotopic (exact) mass is 449 g/mol. The van der Waals surface area contributed by atoms with Gasteiger partial charge in [0.1, 0.15) is 17.5 Å². The lowest BCUT2D eigenvalue weighted by Gasteiger charge is -2.32. The van der Waals surface area contributed by atoms with Gasteiger partial charge in [0, 0.05) is 59.5 Å². The van der Waals surface area contributed by atoms with Gasteiger partial charge < -0.3 is 4.98 Å². The predicted octanol–water partition coefficient (Wildman–Crippen LogP) is 6.26. The Kier molecular flexibility index (Phi) is 5.94. The Hall–Kier alpha value is -3.12. The summed E-state index contributed by atoms with van der Waals surface area (Å²) in [6.07, 6.45) is 4.02. The lowest BCUT2D eigenvalue weighted by molar-refractivity contribution is 0.199. The molecule has 2 aromatic heterocycles. The van der Waals surface area contributed by atoms with E-state index in [1.165, 1.54) is 24.3 Å². The normalized spacial score (nSPS) is 17.0. The number of aryl methyl sites for hydroxylation is 1. The molecule has 1 aliphatic heterocycles. The molecule has 1 N–H and O–H groups in total. The lowest BCUT2D eigenvalue weighted by atomic mass is 9.93. The van der Waals surface area contributed by atoms with E-state index in [0.717, 1.165) is 65.9 Å². The first kappa shape index (κ1) is 21.7. The van der Waals surface area contributed by atoms with Crippen molar-refractivity contribution < 1.29 is 13.2 Å². The van der Waals surface area contributed by atoms with Crippen LogP contribution in [-0.4, -0.2) is 28.0 Å². The maximum Gasteiger partial charge on any atom is 0.129 e. The minimum Gasteiger partial charge on any atom is -0.358 e. The standard InChI is InChI=1S/C27H26F3N3/c1-17-23(21-13-20(28)8-10-27(21)32-17)16-33-11-3-4-19(15-33)26-9-7-18(14-31-26)12-22-24(29)5-2-6-25(22)30/h2,5-10,13-14,19,32H,3-4,11-12,15-16H2,1H3/t19-/m0/s1. The summed E-state index contributed by atoms with van der Waals surface area (Å²) in [6, 6.07) is 12.7. The van der Waals surface area contributed by atoms with Crippen molar-refractivity contribution in [3.05, 3.63) is 100 Å². The third-order valence-electron chi connectivity index (χ3n) is 6.68. The third-order valence-corrected chi connectivity index (χ3v) is 6.68. The Bertz CT molecular complexity index is 1260. The number of rotatable bonds is 5. The second-order valence-electron chi connectivity index (χ2n) is 8.96. The van der Waals surface area contributed by atoms with Crippen molar-refractivity contribution in [2.45, 2.75) is 38.6 Å². The van der Waals surface area contributed by atoms with Gasteiger partial charge in [0.15, 0.2) is 0 Å². The van der Waals surface area contributed by atoms with Gasteiger partial charge in [-0.3, -0.25) is 9.88 Å². The van der Waals surface area contributed by atoms with Crippen molar-refractivity contribution in [3.8, 4) is 0 Å². The van der Waals surface area contributed by atoms with E-state index < -0.39 is 11.6 Å². The van der Waals surface area contributed by atoms with E-state index in [2.05, 4.69) is 14.9 Å². The Morgan fingerprint density at radius 1 is 1.03 bits per heavy atom. The number of nitrogens with one attached hydrogen (secondary N) is 1. The zero-order valence-electron chi connectivity index (χ0n) is 18.5. The van der Waals surface area contributed by atoms with Crippen LogP contribution in [0, 0.1) is 24.4 Å². The van der Waals surface area contributed by atoms with Crippen LogP contribution >= 0.6 is 0 Å². The predicted molar refractivity (Wildman–Crippen MR) is 124 cm³/mol. The minimum absolute atomic E-state index is 0.0708. The lowest BCUT2D eigenvalue weighted by Crippen LogP contribution is -2.34. The first-order valence-electron chi connectivity index (χ1n) is 11.3. The van der Waals surface area contributed by atoms with Gasteiger partial charge in [0.2, 0.25) is 0 Å². The number of halogens is 3. The zero-order valence-corrected chi connectivity index (χ0v) is 18.5. The molecule has 0 saturated carbocycles. The largest absolute Gasteiger partial charge is 0.358 e. The molecular weight excluding hydrogens is 423 g/mol. The Labute approximate surface area is 191 Å². The molecule has 3 nitrogen and oxygen atoms in total. The van der Waals surface area contributed by atoms with Gasteiger partial charge in [-0.15, -0.1) is 0 Å². The highest BCUT2D eigenvalue weighted by Crippen LogP contribution is 2.30. The highest BCUT2D eigenvalue weighted by Gasteiger charge is 2.24. The van der Waals surface area contributed by atoms with Crippen molar-refractivity contribution in [1.82, 2.24) is 14.9 Å². The molecule has 2 aromatic carbocycles. The number of benzene rings is 2. The van der Waals surface area contributed by atoms with E-state index in [1.807, 2.05) is 19.1 Å². The summed E-state index contributed by atoms with van der Waals surface area (Å²) in [7, 11) is 0. The van der Waals surface area contributed by atoms with E-state index in [4.69, 9.17) is 0 Å². The molecule has 1 fully saturated rings. The maximum absolute atomic E-state index is 14.0. The number of aromatic amines is 1.